The van der Waals surface area contributed by atoms with Gasteiger partial charge in [-0.1, -0.05) is 96.1 Å². The highest BCUT2D eigenvalue weighted by atomic mass is 16.2. The van der Waals surface area contributed by atoms with Crippen LogP contribution in [0.2, 0.25) is 0 Å². The van der Waals surface area contributed by atoms with Crippen LogP contribution in [-0.2, 0) is 19.3 Å². The van der Waals surface area contributed by atoms with Crippen LogP contribution < -0.4 is 11.1 Å². The van der Waals surface area contributed by atoms with E-state index < -0.39 is 5.91 Å². The third kappa shape index (κ3) is 5.48. The van der Waals surface area contributed by atoms with Crippen molar-refractivity contribution in [2.75, 3.05) is 6.54 Å². The first-order valence-corrected chi connectivity index (χ1v) is 16.2. The van der Waals surface area contributed by atoms with Crippen molar-refractivity contribution in [3.05, 3.63) is 142 Å². The smallest absolute Gasteiger partial charge is 0.251 e. The highest BCUT2D eigenvalue weighted by Crippen LogP contribution is 2.44. The van der Waals surface area contributed by atoms with Gasteiger partial charge in [0.25, 0.3) is 5.91 Å². The average Bonchev–Trinajstić information content (AvgIpc) is 3.07. The summed E-state index contributed by atoms with van der Waals surface area (Å²) in [6.07, 6.45) is 4.19. The first kappa shape index (κ1) is 30.1. The van der Waals surface area contributed by atoms with Crippen LogP contribution in [0.25, 0.3) is 43.1 Å². The van der Waals surface area contributed by atoms with Gasteiger partial charge in [0.15, 0.2) is 6.29 Å². The zero-order chi connectivity index (χ0) is 32.7. The second-order valence-corrected chi connectivity index (χ2v) is 12.6. The molecule has 3 N–H and O–H groups in total. The van der Waals surface area contributed by atoms with Crippen LogP contribution in [0.15, 0.2) is 97.1 Å². The van der Waals surface area contributed by atoms with Gasteiger partial charge in [0, 0.05) is 28.6 Å². The molecular formula is C42H36N2O3. The second-order valence-electron chi connectivity index (χ2n) is 12.6. The van der Waals surface area contributed by atoms with Crippen molar-refractivity contribution in [1.82, 2.24) is 5.32 Å². The van der Waals surface area contributed by atoms with E-state index in [1.165, 1.54) is 16.7 Å². The van der Waals surface area contributed by atoms with E-state index in [9.17, 15) is 14.4 Å². The zero-order valence-corrected chi connectivity index (χ0v) is 26.7. The summed E-state index contributed by atoms with van der Waals surface area (Å²) >= 11 is 0. The zero-order valence-electron chi connectivity index (χ0n) is 26.7. The molecule has 0 aromatic heterocycles. The van der Waals surface area contributed by atoms with E-state index in [0.717, 1.165) is 74.4 Å². The molecule has 0 aliphatic rings. The predicted molar refractivity (Wildman–Crippen MR) is 192 cm³/mol. The molecule has 0 aliphatic carbocycles. The Labute approximate surface area is 273 Å². The number of carbonyl (C=O) groups excluding carboxylic acids is 3. The lowest BCUT2D eigenvalue weighted by Gasteiger charge is -2.20. The normalized spacial score (nSPS) is 11.5. The van der Waals surface area contributed by atoms with Crippen molar-refractivity contribution in [2.45, 2.75) is 39.5 Å². The Morgan fingerprint density at radius 3 is 1.83 bits per heavy atom. The summed E-state index contributed by atoms with van der Waals surface area (Å²) in [5, 5.41) is 10.2. The lowest BCUT2D eigenvalue weighted by Crippen LogP contribution is -2.26. The first-order chi connectivity index (χ1) is 22.8. The van der Waals surface area contributed by atoms with Crippen molar-refractivity contribution in [3.63, 3.8) is 0 Å². The molecule has 0 atom stereocenters. The van der Waals surface area contributed by atoms with Gasteiger partial charge < -0.3 is 11.1 Å². The number of carbonyl (C=O) groups is 3. The third-order valence-corrected chi connectivity index (χ3v) is 9.43. The molecule has 0 saturated heterocycles. The maximum Gasteiger partial charge on any atom is 0.251 e. The Morgan fingerprint density at radius 2 is 1.21 bits per heavy atom. The number of hydrogen-bond acceptors (Lipinski definition) is 3. The number of nitrogens with two attached hydrogens (primary N) is 1. The van der Waals surface area contributed by atoms with Crippen molar-refractivity contribution < 1.29 is 14.4 Å². The van der Waals surface area contributed by atoms with Crippen LogP contribution in [-0.4, -0.2) is 24.6 Å². The van der Waals surface area contributed by atoms with Crippen LogP contribution in [0.4, 0.5) is 0 Å². The molecular weight excluding hydrogens is 580 g/mol. The number of aldehydes is 1. The predicted octanol–water partition coefficient (Wildman–Crippen LogP) is 8.41. The van der Waals surface area contributed by atoms with Gasteiger partial charge in [-0.05, 0) is 106 Å². The third-order valence-electron chi connectivity index (χ3n) is 9.43. The minimum absolute atomic E-state index is 0.214. The topological polar surface area (TPSA) is 89.3 Å². The van der Waals surface area contributed by atoms with Crippen molar-refractivity contribution in [1.29, 1.82) is 0 Å². The molecule has 0 bridgehead atoms. The summed E-state index contributed by atoms with van der Waals surface area (Å²) in [5.41, 5.74) is 13.4. The fourth-order valence-electron chi connectivity index (χ4n) is 7.32. The number of fused-ring (bicyclic) bond motifs is 2. The van der Waals surface area contributed by atoms with Crippen molar-refractivity contribution in [2.24, 2.45) is 5.73 Å². The summed E-state index contributed by atoms with van der Waals surface area (Å²) in [7, 11) is 0. The maximum atomic E-state index is 13.7. The summed E-state index contributed by atoms with van der Waals surface area (Å²) < 4.78 is 0. The van der Waals surface area contributed by atoms with Crippen LogP contribution >= 0.6 is 0 Å². The van der Waals surface area contributed by atoms with Gasteiger partial charge in [0.1, 0.15) is 0 Å². The summed E-state index contributed by atoms with van der Waals surface area (Å²) in [5.74, 6) is -0.674. The molecule has 0 aliphatic heterocycles. The molecule has 0 spiro atoms. The van der Waals surface area contributed by atoms with E-state index in [1.54, 1.807) is 6.07 Å². The molecule has 7 aromatic carbocycles. The van der Waals surface area contributed by atoms with E-state index in [4.69, 9.17) is 5.73 Å². The number of aryl methyl sites for hydroxylation is 4. The van der Waals surface area contributed by atoms with E-state index in [2.05, 4.69) is 73.8 Å². The Kier molecular flexibility index (Phi) is 7.90. The molecule has 0 saturated carbocycles. The molecule has 0 radical (unpaired) electrons. The first-order valence-electron chi connectivity index (χ1n) is 16.2. The number of nitrogens with one attached hydrogen (secondary N) is 1. The molecule has 0 heterocycles. The highest BCUT2D eigenvalue weighted by Gasteiger charge is 2.22. The number of hydrogen-bond donors (Lipinski definition) is 2. The minimum Gasteiger partial charge on any atom is -0.366 e. The SMILES string of the molecule is Cc1cccc(CCCc2ccc3c4ccc(C(=O)NCCc5cccc(C)c5)c5c(C=O)ccc(c6ccc(C(N)=O)c2c36)c54)c1. The van der Waals surface area contributed by atoms with Crippen molar-refractivity contribution >= 4 is 61.2 Å². The molecule has 232 valence electrons. The van der Waals surface area contributed by atoms with E-state index in [0.29, 0.717) is 35.0 Å². The van der Waals surface area contributed by atoms with Gasteiger partial charge in [0.2, 0.25) is 5.91 Å². The van der Waals surface area contributed by atoms with Crippen LogP contribution in [0, 0.1) is 13.8 Å². The Morgan fingerprint density at radius 1 is 0.638 bits per heavy atom. The molecule has 0 unspecified atom stereocenters. The Bertz CT molecular complexity index is 2330. The molecule has 7 aromatic rings. The molecule has 47 heavy (non-hydrogen) atoms. The minimum atomic E-state index is -0.460. The molecule has 5 nitrogen and oxygen atoms in total. The number of amides is 2. The van der Waals surface area contributed by atoms with Gasteiger partial charge >= 0.3 is 0 Å². The van der Waals surface area contributed by atoms with E-state index >= 15 is 0 Å². The lowest BCUT2D eigenvalue weighted by molar-refractivity contribution is 0.0954. The standard InChI is InChI=1S/C42H36N2O3/c1-25-6-3-8-27(22-25)10-5-11-29-12-14-31-34-17-19-36(42(47)44-21-20-28-9-4-7-26(2)23-28)38-30(24-45)13-15-32(40(34)38)33-16-18-35(41(43)46)37(29)39(31)33/h3-4,6-9,12-19,22-24H,5,10-11,20-21H2,1-2H3,(H2,43,46)(H,44,47). The Balaban J connectivity index is 1.34. The fraction of sp³-hybridized carbons (Fsp3) is 0.167. The number of benzene rings is 7. The summed E-state index contributed by atoms with van der Waals surface area (Å²) in [4.78, 5) is 38.9. The number of rotatable bonds is 10. The Hall–Kier alpha value is -5.55. The largest absolute Gasteiger partial charge is 0.366 e. The van der Waals surface area contributed by atoms with Gasteiger partial charge in [-0.15, -0.1) is 0 Å². The van der Waals surface area contributed by atoms with Gasteiger partial charge in [-0.2, -0.15) is 0 Å². The maximum absolute atomic E-state index is 13.7. The molecule has 0 fully saturated rings. The quantitative estimate of drug-likeness (QED) is 0.0919. The average molecular weight is 617 g/mol. The van der Waals surface area contributed by atoms with Crippen LogP contribution in [0.5, 0.6) is 0 Å². The molecule has 7 rings (SSSR count). The second kappa shape index (κ2) is 12.3. The summed E-state index contributed by atoms with van der Waals surface area (Å²) in [6, 6.07) is 32.4. The molecule has 5 heteroatoms. The lowest BCUT2D eigenvalue weighted by atomic mass is 9.83. The fourth-order valence-corrected chi connectivity index (χ4v) is 7.32. The van der Waals surface area contributed by atoms with Gasteiger partial charge in [-0.25, -0.2) is 0 Å². The van der Waals surface area contributed by atoms with Crippen molar-refractivity contribution in [3.8, 4) is 0 Å². The molecule has 2 amide bonds. The van der Waals surface area contributed by atoms with Crippen LogP contribution in [0.3, 0.4) is 0 Å². The van der Waals surface area contributed by atoms with Crippen LogP contribution in [0.1, 0.15) is 65.3 Å². The van der Waals surface area contributed by atoms with Gasteiger partial charge in [0.05, 0.1) is 0 Å². The number of primary amides is 1. The van der Waals surface area contributed by atoms with E-state index in [1.807, 2.05) is 36.4 Å². The summed E-state index contributed by atoms with van der Waals surface area (Å²) in [6.45, 7) is 4.64. The highest BCUT2D eigenvalue weighted by molar-refractivity contribution is 6.37. The van der Waals surface area contributed by atoms with Gasteiger partial charge in [-0.3, -0.25) is 14.4 Å². The van der Waals surface area contributed by atoms with E-state index in [-0.39, 0.29) is 5.91 Å². The monoisotopic (exact) mass is 616 g/mol.